The first-order valence-electron chi connectivity index (χ1n) is 14.9. The molecule has 0 amide bonds. The number of carbonyl (C=O) groups excluding carboxylic acids is 1. The first-order valence-corrected chi connectivity index (χ1v) is 14.9. The Kier molecular flexibility index (Phi) is 8.35. The Morgan fingerprint density at radius 1 is 0.500 bits per heavy atom. The van der Waals surface area contributed by atoms with E-state index in [-0.39, 0.29) is 51.9 Å². The van der Waals surface area contributed by atoms with Crippen LogP contribution in [0.2, 0.25) is 0 Å². The second-order valence-corrected chi connectivity index (χ2v) is 11.1. The number of aliphatic hydroxyl groups excluding tert-OH is 1. The van der Waals surface area contributed by atoms with Gasteiger partial charge < -0.3 is 35.0 Å². The Morgan fingerprint density at radius 2 is 0.771 bits per heavy atom. The number of ketones is 1. The molecule has 8 bridgehead atoms. The summed E-state index contributed by atoms with van der Waals surface area (Å²) >= 11 is 0. The molecule has 4 aromatic carbocycles. The number of aliphatic hydroxyl groups is 1. The zero-order valence-corrected chi connectivity index (χ0v) is 28.3. The maximum atomic E-state index is 10.0. The monoisotopic (exact) mass is 764 g/mol. The third kappa shape index (κ3) is 5.66. The van der Waals surface area contributed by atoms with Crippen molar-refractivity contribution in [1.29, 1.82) is 0 Å². The molecule has 3 aromatic heterocycles. The molecule has 11 heteroatoms. The van der Waals surface area contributed by atoms with Crippen molar-refractivity contribution >= 4 is 49.9 Å². The van der Waals surface area contributed by atoms with Gasteiger partial charge in [-0.25, -0.2) is 9.97 Å². The molecule has 0 saturated heterocycles. The van der Waals surface area contributed by atoms with Crippen LogP contribution in [0.25, 0.3) is 89.7 Å². The molecule has 2 aliphatic rings. The molecule has 0 atom stereocenters. The van der Waals surface area contributed by atoms with E-state index in [4.69, 9.17) is 45.0 Å². The molecule has 1 N–H and O–H groups in total. The second kappa shape index (κ2) is 12.8. The predicted octanol–water partition coefficient (Wildman–Crippen LogP) is 7.16. The van der Waals surface area contributed by atoms with Gasteiger partial charge in [-0.3, -0.25) is 4.79 Å². The van der Waals surface area contributed by atoms with E-state index in [9.17, 15) is 4.79 Å². The molecule has 5 heterocycles. The molecule has 0 aliphatic carbocycles. The molecule has 2 aliphatic heterocycles. The van der Waals surface area contributed by atoms with Crippen LogP contribution < -0.4 is 9.97 Å². The zero-order chi connectivity index (χ0) is 32.1. The van der Waals surface area contributed by atoms with Gasteiger partial charge in [0.1, 0.15) is 0 Å². The van der Waals surface area contributed by atoms with E-state index in [0.29, 0.717) is 45.9 Å². The first-order chi connectivity index (χ1) is 22.9. The third-order valence-electron chi connectivity index (χ3n) is 7.74. The Balaban J connectivity index is 0.000000415. The molecule has 0 radical (unpaired) electrons. The van der Waals surface area contributed by atoms with Gasteiger partial charge >= 0.3 is 0 Å². The standard InChI is InChI=1S/C32H16N8.C5H8O2.Sm/c1-2-10-18-17(9-1)25-33-26(18)38-28-21-13-5-6-14-22(21)30(35-28)40-32-24-16-8-7-15-23(24)31(36-32)39-29-20-12-4-3-11-19(20)27(34-29)37-25;1-4(6)3-5(2)7;/h1-16H;3,6H,1-2H3;/q-2;;/b;4-3+;. The van der Waals surface area contributed by atoms with Crippen LogP contribution in [0.4, 0.5) is 0 Å². The quantitative estimate of drug-likeness (QED) is 0.135. The fourth-order valence-electron chi connectivity index (χ4n) is 5.75. The Bertz CT molecular complexity index is 2280. The SMILES string of the molecule is CC(=O)/C=C(\C)O.[Sm].c1ccc2c(c1)-c1nc-2nc2[n-]c(nc3nc(nc4[n-]c(n1)c1ccccc41)-c1ccccc1-3)c1ccccc21. The van der Waals surface area contributed by atoms with Crippen LogP contribution in [-0.4, -0.2) is 40.8 Å². The topological polar surface area (TPSA) is 143 Å². The molecule has 48 heavy (non-hydrogen) atoms. The van der Waals surface area contributed by atoms with Crippen molar-refractivity contribution in [3.63, 3.8) is 0 Å². The normalized spacial score (nSPS) is 11.7. The van der Waals surface area contributed by atoms with Crippen molar-refractivity contribution in [2.45, 2.75) is 13.8 Å². The maximum Gasteiger partial charge on any atom is 0.155 e. The number of fused-ring (bicyclic) bond motifs is 20. The van der Waals surface area contributed by atoms with E-state index in [1.54, 1.807) is 0 Å². The Labute approximate surface area is 306 Å². The molecule has 232 valence electrons. The van der Waals surface area contributed by atoms with Gasteiger partial charge in [-0.15, -0.1) is 0 Å². The summed E-state index contributed by atoms with van der Waals surface area (Å²) in [5, 5.41) is 11.9. The minimum Gasteiger partial charge on any atom is -0.512 e. The van der Waals surface area contributed by atoms with Gasteiger partial charge in [0.25, 0.3) is 0 Å². The summed E-state index contributed by atoms with van der Waals surface area (Å²) in [5.74, 6) is 2.15. The van der Waals surface area contributed by atoms with E-state index in [0.717, 1.165) is 43.8 Å². The van der Waals surface area contributed by atoms with E-state index in [2.05, 4.69) is 0 Å². The summed E-state index contributed by atoms with van der Waals surface area (Å²) in [7, 11) is 0. The first kappa shape index (κ1) is 31.4. The number of carbonyl (C=O) groups is 1. The van der Waals surface area contributed by atoms with E-state index in [1.807, 2.05) is 97.1 Å². The van der Waals surface area contributed by atoms with Crippen molar-refractivity contribution in [3.8, 4) is 45.6 Å². The van der Waals surface area contributed by atoms with Crippen LogP contribution in [0.1, 0.15) is 13.8 Å². The Morgan fingerprint density at radius 3 is 1.00 bits per heavy atom. The summed E-state index contributed by atoms with van der Waals surface area (Å²) in [5.41, 5.74) is 5.78. The van der Waals surface area contributed by atoms with Crippen LogP contribution in [0.3, 0.4) is 0 Å². The number of hydrogen-bond acceptors (Lipinski definition) is 8. The number of hydrogen-bond donors (Lipinski definition) is 1. The van der Waals surface area contributed by atoms with Crippen LogP contribution in [0.15, 0.2) is 109 Å². The Hall–Kier alpha value is -5.21. The average Bonchev–Trinajstić information content (AvgIpc) is 3.80. The minimum absolute atomic E-state index is 0. The number of benzene rings is 4. The summed E-state index contributed by atoms with van der Waals surface area (Å²) < 4.78 is 0. The van der Waals surface area contributed by atoms with Gasteiger partial charge in [0.2, 0.25) is 0 Å². The molecule has 7 aromatic rings. The van der Waals surface area contributed by atoms with Crippen LogP contribution in [0.5, 0.6) is 0 Å². The van der Waals surface area contributed by atoms with Crippen molar-refractivity contribution < 1.29 is 50.3 Å². The smallest absolute Gasteiger partial charge is 0.155 e. The minimum atomic E-state index is -0.125. The van der Waals surface area contributed by atoms with Crippen molar-refractivity contribution in [1.82, 2.24) is 39.9 Å². The van der Waals surface area contributed by atoms with Crippen LogP contribution in [-0.2, 0) is 4.79 Å². The number of nitrogens with zero attached hydrogens (tertiary/aromatic N) is 8. The van der Waals surface area contributed by atoms with Crippen molar-refractivity contribution in [3.05, 3.63) is 109 Å². The van der Waals surface area contributed by atoms with Gasteiger partial charge in [-0.1, -0.05) is 97.1 Å². The number of rotatable bonds is 1. The summed E-state index contributed by atoms with van der Waals surface area (Å²) in [4.78, 5) is 49.3. The molecule has 0 saturated carbocycles. The largest absolute Gasteiger partial charge is 0.512 e. The summed E-state index contributed by atoms with van der Waals surface area (Å²) in [6.07, 6.45) is 1.17. The van der Waals surface area contributed by atoms with Gasteiger partial charge in [-0.05, 0) is 35.4 Å². The van der Waals surface area contributed by atoms with Crippen LogP contribution in [0, 0.1) is 40.4 Å². The van der Waals surface area contributed by atoms with Crippen molar-refractivity contribution in [2.75, 3.05) is 0 Å². The fourth-order valence-corrected chi connectivity index (χ4v) is 5.75. The third-order valence-corrected chi connectivity index (χ3v) is 7.74. The second-order valence-electron chi connectivity index (χ2n) is 11.1. The summed E-state index contributed by atoms with van der Waals surface area (Å²) in [6, 6.07) is 31.8. The molecule has 10 nitrogen and oxygen atoms in total. The maximum absolute atomic E-state index is 10.0. The molecule has 0 spiro atoms. The van der Waals surface area contributed by atoms with Gasteiger partial charge in [0.15, 0.2) is 5.78 Å². The van der Waals surface area contributed by atoms with E-state index < -0.39 is 0 Å². The van der Waals surface area contributed by atoms with Gasteiger partial charge in [0, 0.05) is 91.3 Å². The zero-order valence-electron chi connectivity index (χ0n) is 25.7. The van der Waals surface area contributed by atoms with E-state index in [1.165, 1.54) is 19.9 Å². The summed E-state index contributed by atoms with van der Waals surface area (Å²) in [6.45, 7) is 2.85. The van der Waals surface area contributed by atoms with Gasteiger partial charge in [0.05, 0.1) is 29.1 Å². The molecule has 9 rings (SSSR count). The molecular formula is C37H24N8O2Sm-2. The number of allylic oxidation sites excluding steroid dienone is 2. The van der Waals surface area contributed by atoms with Crippen LogP contribution >= 0.6 is 0 Å². The van der Waals surface area contributed by atoms with Crippen molar-refractivity contribution in [2.24, 2.45) is 0 Å². The van der Waals surface area contributed by atoms with E-state index >= 15 is 0 Å². The molecule has 0 fully saturated rings. The van der Waals surface area contributed by atoms with Gasteiger partial charge in [-0.2, -0.15) is 0 Å². The number of aromatic nitrogens is 8. The predicted molar refractivity (Wildman–Crippen MR) is 181 cm³/mol. The molecule has 0 unspecified atom stereocenters. The average molecular weight is 763 g/mol. The molecular weight excluding hydrogens is 739 g/mol. The fraction of sp³-hybridized carbons (Fsp3) is 0.0541.